The first-order chi connectivity index (χ1) is 9.11. The average Bonchev–Trinajstić information content (AvgIpc) is 2.84. The number of halogens is 1. The standard InChI is InChI=1S/C13H21ClN2O2S/c1-16(10-13(17)3-6-18-7-4-13)5-2-12-15-11(8-14)9-19-12/h9,17H,2-8,10H2,1H3. The minimum absolute atomic E-state index is 0.478. The maximum Gasteiger partial charge on any atom is 0.0941 e. The monoisotopic (exact) mass is 304 g/mol. The molecule has 1 aliphatic heterocycles. The summed E-state index contributed by atoms with van der Waals surface area (Å²) in [6, 6.07) is 0. The summed E-state index contributed by atoms with van der Waals surface area (Å²) in [5.74, 6) is 0.478. The van der Waals surface area contributed by atoms with Gasteiger partial charge in [0.15, 0.2) is 0 Å². The Morgan fingerprint density at radius 3 is 2.89 bits per heavy atom. The molecule has 0 spiro atoms. The van der Waals surface area contributed by atoms with Gasteiger partial charge in [0.25, 0.3) is 0 Å². The Morgan fingerprint density at radius 2 is 2.26 bits per heavy atom. The van der Waals surface area contributed by atoms with Crippen LogP contribution in [0.5, 0.6) is 0 Å². The predicted molar refractivity (Wildman–Crippen MR) is 77.9 cm³/mol. The Hall–Kier alpha value is -0.200. The van der Waals surface area contributed by atoms with E-state index in [4.69, 9.17) is 16.3 Å². The third kappa shape index (κ3) is 4.68. The Bertz CT molecular complexity index is 394. The van der Waals surface area contributed by atoms with Crippen LogP contribution in [0.2, 0.25) is 0 Å². The summed E-state index contributed by atoms with van der Waals surface area (Å²) in [4.78, 5) is 6.62. The molecule has 1 fully saturated rings. The van der Waals surface area contributed by atoms with E-state index in [9.17, 15) is 5.11 Å². The molecule has 19 heavy (non-hydrogen) atoms. The summed E-state index contributed by atoms with van der Waals surface area (Å²) in [7, 11) is 2.05. The van der Waals surface area contributed by atoms with E-state index in [1.54, 1.807) is 11.3 Å². The van der Waals surface area contributed by atoms with Crippen molar-refractivity contribution in [2.75, 3.05) is 33.4 Å². The summed E-state index contributed by atoms with van der Waals surface area (Å²) >= 11 is 7.40. The van der Waals surface area contributed by atoms with Crippen molar-refractivity contribution in [3.8, 4) is 0 Å². The van der Waals surface area contributed by atoms with E-state index in [0.717, 1.165) is 36.5 Å². The normalized spacial score (nSPS) is 18.9. The van der Waals surface area contributed by atoms with E-state index in [2.05, 4.69) is 9.88 Å². The number of ether oxygens (including phenoxy) is 1. The van der Waals surface area contributed by atoms with Crippen LogP contribution in [0.25, 0.3) is 0 Å². The van der Waals surface area contributed by atoms with Crippen LogP contribution in [0.15, 0.2) is 5.38 Å². The van der Waals surface area contributed by atoms with E-state index in [0.29, 0.717) is 25.6 Å². The highest BCUT2D eigenvalue weighted by molar-refractivity contribution is 7.09. The van der Waals surface area contributed by atoms with Crippen molar-refractivity contribution in [3.05, 3.63) is 16.1 Å². The van der Waals surface area contributed by atoms with Gasteiger partial charge in [0.05, 0.1) is 22.2 Å². The number of hydrogen-bond donors (Lipinski definition) is 1. The minimum atomic E-state index is -0.586. The van der Waals surface area contributed by atoms with Gasteiger partial charge in [0.1, 0.15) is 0 Å². The van der Waals surface area contributed by atoms with E-state index >= 15 is 0 Å². The zero-order chi connectivity index (χ0) is 13.7. The fourth-order valence-electron chi connectivity index (χ4n) is 2.30. The second kappa shape index (κ2) is 6.99. The van der Waals surface area contributed by atoms with Crippen LogP contribution in [-0.4, -0.2) is 53.9 Å². The van der Waals surface area contributed by atoms with Crippen molar-refractivity contribution in [1.82, 2.24) is 9.88 Å². The van der Waals surface area contributed by atoms with Crippen LogP contribution in [0.1, 0.15) is 23.5 Å². The van der Waals surface area contributed by atoms with Crippen LogP contribution in [-0.2, 0) is 17.0 Å². The first kappa shape index (κ1) is 15.2. The zero-order valence-electron chi connectivity index (χ0n) is 11.3. The average molecular weight is 305 g/mol. The van der Waals surface area contributed by atoms with Gasteiger partial charge in [-0.3, -0.25) is 0 Å². The van der Waals surface area contributed by atoms with Crippen molar-refractivity contribution in [3.63, 3.8) is 0 Å². The molecule has 108 valence electrons. The summed E-state index contributed by atoms with van der Waals surface area (Å²) in [5, 5.41) is 13.5. The second-order valence-corrected chi connectivity index (χ2v) is 6.40. The van der Waals surface area contributed by atoms with Crippen LogP contribution < -0.4 is 0 Å². The molecule has 1 aromatic heterocycles. The van der Waals surface area contributed by atoms with E-state index < -0.39 is 5.60 Å². The van der Waals surface area contributed by atoms with Gasteiger partial charge in [0.2, 0.25) is 0 Å². The zero-order valence-corrected chi connectivity index (χ0v) is 12.8. The molecule has 1 aliphatic rings. The number of aromatic nitrogens is 1. The van der Waals surface area contributed by atoms with Crippen molar-refractivity contribution in [2.45, 2.75) is 30.7 Å². The molecule has 0 saturated carbocycles. The summed E-state index contributed by atoms with van der Waals surface area (Å²) in [6.45, 7) is 2.92. The van der Waals surface area contributed by atoms with Gasteiger partial charge in [-0.15, -0.1) is 22.9 Å². The lowest BCUT2D eigenvalue weighted by atomic mass is 9.94. The predicted octanol–water partition coefficient (Wildman–Crippen LogP) is 1.90. The molecule has 0 aromatic carbocycles. The first-order valence-corrected chi connectivity index (χ1v) is 8.01. The molecule has 1 saturated heterocycles. The molecule has 0 radical (unpaired) electrons. The van der Waals surface area contributed by atoms with E-state index in [-0.39, 0.29) is 0 Å². The molecule has 0 amide bonds. The molecule has 0 aliphatic carbocycles. The van der Waals surface area contributed by atoms with Gasteiger partial charge in [0, 0.05) is 50.9 Å². The number of alkyl halides is 1. The van der Waals surface area contributed by atoms with Gasteiger partial charge < -0.3 is 14.7 Å². The van der Waals surface area contributed by atoms with Crippen molar-refractivity contribution < 1.29 is 9.84 Å². The molecule has 0 unspecified atom stereocenters. The summed E-state index contributed by atoms with van der Waals surface area (Å²) < 4.78 is 5.29. The number of thiazole rings is 1. The van der Waals surface area contributed by atoms with Crippen LogP contribution in [0.4, 0.5) is 0 Å². The number of aliphatic hydroxyl groups is 1. The molecule has 4 nitrogen and oxygen atoms in total. The lowest BCUT2D eigenvalue weighted by molar-refractivity contribution is -0.0767. The van der Waals surface area contributed by atoms with Gasteiger partial charge in [-0.1, -0.05) is 0 Å². The Morgan fingerprint density at radius 1 is 1.53 bits per heavy atom. The highest BCUT2D eigenvalue weighted by atomic mass is 35.5. The molecular formula is C13H21ClN2O2S. The molecule has 2 rings (SSSR count). The molecule has 0 atom stereocenters. The smallest absolute Gasteiger partial charge is 0.0941 e. The van der Waals surface area contributed by atoms with Crippen LogP contribution in [0, 0.1) is 0 Å². The highest BCUT2D eigenvalue weighted by Crippen LogP contribution is 2.21. The maximum atomic E-state index is 10.4. The number of hydrogen-bond acceptors (Lipinski definition) is 5. The number of nitrogens with zero attached hydrogens (tertiary/aromatic N) is 2. The Balaban J connectivity index is 1.76. The van der Waals surface area contributed by atoms with Crippen molar-refractivity contribution in [1.29, 1.82) is 0 Å². The molecule has 1 aromatic rings. The van der Waals surface area contributed by atoms with E-state index in [1.807, 2.05) is 12.4 Å². The second-order valence-electron chi connectivity index (χ2n) is 5.19. The van der Waals surface area contributed by atoms with E-state index in [1.165, 1.54) is 0 Å². The SMILES string of the molecule is CN(CCc1nc(CCl)cs1)CC1(O)CCOCC1. The number of rotatable bonds is 6. The highest BCUT2D eigenvalue weighted by Gasteiger charge is 2.30. The van der Waals surface area contributed by atoms with Gasteiger partial charge >= 0.3 is 0 Å². The quantitative estimate of drug-likeness (QED) is 0.815. The largest absolute Gasteiger partial charge is 0.388 e. The minimum Gasteiger partial charge on any atom is -0.388 e. The summed E-state index contributed by atoms with van der Waals surface area (Å²) in [5.41, 5.74) is 0.365. The lowest BCUT2D eigenvalue weighted by Crippen LogP contribution is -2.46. The molecule has 6 heteroatoms. The maximum absolute atomic E-state index is 10.4. The molecular weight excluding hydrogens is 284 g/mol. The molecule has 1 N–H and O–H groups in total. The Labute approximate surface area is 123 Å². The van der Waals surface area contributed by atoms with Gasteiger partial charge in [-0.2, -0.15) is 0 Å². The van der Waals surface area contributed by atoms with Crippen molar-refractivity contribution in [2.24, 2.45) is 0 Å². The molecule has 0 bridgehead atoms. The fourth-order valence-corrected chi connectivity index (χ4v) is 3.32. The van der Waals surface area contributed by atoms with Gasteiger partial charge in [-0.05, 0) is 7.05 Å². The van der Waals surface area contributed by atoms with Crippen LogP contribution >= 0.6 is 22.9 Å². The van der Waals surface area contributed by atoms with Crippen LogP contribution in [0.3, 0.4) is 0 Å². The third-order valence-electron chi connectivity index (χ3n) is 3.43. The van der Waals surface area contributed by atoms with Gasteiger partial charge in [-0.25, -0.2) is 4.98 Å². The topological polar surface area (TPSA) is 45.6 Å². The lowest BCUT2D eigenvalue weighted by Gasteiger charge is -2.35. The summed E-state index contributed by atoms with van der Waals surface area (Å²) in [6.07, 6.45) is 2.36. The molecule has 2 heterocycles. The van der Waals surface area contributed by atoms with Crippen molar-refractivity contribution >= 4 is 22.9 Å². The number of likely N-dealkylation sites (N-methyl/N-ethyl adjacent to an activating group) is 1. The fraction of sp³-hybridized carbons (Fsp3) is 0.769. The first-order valence-electron chi connectivity index (χ1n) is 6.59. The Kier molecular flexibility index (Phi) is 5.59. The third-order valence-corrected chi connectivity index (χ3v) is 4.66.